The van der Waals surface area contributed by atoms with Crippen LogP contribution < -0.4 is 0 Å². The summed E-state index contributed by atoms with van der Waals surface area (Å²) >= 11 is 0. The van der Waals surface area contributed by atoms with Crippen LogP contribution in [-0.2, 0) is 0 Å². The molecule has 60 heavy (non-hydrogen) atoms. The fraction of sp³-hybridized carbons (Fsp3) is 0.0185. The number of rotatable bonds is 5. The Morgan fingerprint density at radius 3 is 1.05 bits per heavy atom. The average molecular weight is 769 g/mol. The zero-order chi connectivity index (χ0) is 40.3. The summed E-state index contributed by atoms with van der Waals surface area (Å²) < 4.78 is 7.43. The standard InChI is InChI=1S/C52H34N6.C2H2/c1-33-53-51(34-17-5-2-6-18-34)55-52(54-33)35-29-31-38(32-30-35)58-44-28-16-13-25-41(44)47-49-45(39-23-11-14-26-42(39)56(49)36-19-7-3-8-20-36)48-46(50(47)58)40-24-12-15-27-43(40)57(48)37-21-9-4-10-22-37;1-2/h2-32H,1H3;1-2H. The third-order valence-corrected chi connectivity index (χ3v) is 11.5. The second kappa shape index (κ2) is 14.0. The molecule has 8 aromatic carbocycles. The SMILES string of the molecule is C#C.Cc1nc(-c2ccccc2)nc(-c2ccc(-n3c4ccccc4c4c5c(c6ccccc6n5-c5ccccc5)c5c(c6ccccc6n5-c5ccccc5)c43)cc2)n1. The fourth-order valence-corrected chi connectivity index (χ4v) is 9.19. The predicted molar refractivity (Wildman–Crippen MR) is 248 cm³/mol. The van der Waals surface area contributed by atoms with Crippen molar-refractivity contribution in [2.75, 3.05) is 0 Å². The van der Waals surface area contributed by atoms with E-state index in [9.17, 15) is 0 Å². The summed E-state index contributed by atoms with van der Waals surface area (Å²) in [5.74, 6) is 2.01. The Hall–Kier alpha value is -8.27. The molecule has 0 saturated heterocycles. The molecule has 0 bridgehead atoms. The molecule has 0 fully saturated rings. The molecule has 12 aromatic rings. The summed E-state index contributed by atoms with van der Waals surface area (Å²) in [5.41, 5.74) is 12.2. The van der Waals surface area contributed by atoms with Crippen LogP contribution in [0.25, 0.3) is 105 Å². The van der Waals surface area contributed by atoms with Crippen LogP contribution in [0.3, 0.4) is 0 Å². The van der Waals surface area contributed by atoms with Gasteiger partial charge in [-0.15, -0.1) is 12.8 Å². The minimum absolute atomic E-state index is 0.655. The first kappa shape index (κ1) is 34.9. The number of fused-ring (bicyclic) bond motifs is 12. The van der Waals surface area contributed by atoms with Gasteiger partial charge in [-0.05, 0) is 73.7 Å². The first-order valence-electron chi connectivity index (χ1n) is 20.0. The van der Waals surface area contributed by atoms with E-state index in [-0.39, 0.29) is 0 Å². The molecular formula is C54H36N6. The van der Waals surface area contributed by atoms with Crippen molar-refractivity contribution in [1.29, 1.82) is 0 Å². The number of aryl methyl sites for hydroxylation is 1. The van der Waals surface area contributed by atoms with E-state index in [4.69, 9.17) is 9.97 Å². The molecule has 0 saturated carbocycles. The third kappa shape index (κ3) is 5.20. The Morgan fingerprint density at radius 1 is 0.333 bits per heavy atom. The van der Waals surface area contributed by atoms with Gasteiger partial charge in [0.2, 0.25) is 0 Å². The molecule has 0 aliphatic carbocycles. The molecular weight excluding hydrogens is 733 g/mol. The maximum atomic E-state index is 4.93. The Kier molecular flexibility index (Phi) is 8.14. The van der Waals surface area contributed by atoms with Crippen molar-refractivity contribution < 1.29 is 0 Å². The molecule has 0 aliphatic rings. The molecule has 6 nitrogen and oxygen atoms in total. The topological polar surface area (TPSA) is 53.5 Å². The van der Waals surface area contributed by atoms with Crippen LogP contribution >= 0.6 is 0 Å². The lowest BCUT2D eigenvalue weighted by Crippen LogP contribution is -2.00. The van der Waals surface area contributed by atoms with Gasteiger partial charge in [0.05, 0.1) is 33.1 Å². The molecule has 282 valence electrons. The largest absolute Gasteiger partial charge is 0.308 e. The summed E-state index contributed by atoms with van der Waals surface area (Å²) in [5, 5.41) is 7.30. The average Bonchev–Trinajstić information content (AvgIpc) is 3.96. The molecule has 0 unspecified atom stereocenters. The Bertz CT molecular complexity index is 3520. The number of terminal acetylenes is 1. The van der Waals surface area contributed by atoms with Crippen LogP contribution in [0.1, 0.15) is 5.82 Å². The smallest absolute Gasteiger partial charge is 0.163 e. The van der Waals surface area contributed by atoms with Gasteiger partial charge in [0.15, 0.2) is 11.6 Å². The Morgan fingerprint density at radius 2 is 0.650 bits per heavy atom. The minimum Gasteiger partial charge on any atom is -0.308 e. The highest BCUT2D eigenvalue weighted by Gasteiger charge is 2.28. The molecule has 0 radical (unpaired) electrons. The monoisotopic (exact) mass is 768 g/mol. The second-order valence-electron chi connectivity index (χ2n) is 14.8. The molecule has 4 heterocycles. The lowest BCUT2D eigenvalue weighted by atomic mass is 10.0. The van der Waals surface area contributed by atoms with E-state index in [1.165, 1.54) is 59.9 Å². The normalized spacial score (nSPS) is 11.5. The van der Waals surface area contributed by atoms with Crippen LogP contribution in [0.15, 0.2) is 188 Å². The van der Waals surface area contributed by atoms with Gasteiger partial charge in [-0.25, -0.2) is 15.0 Å². The van der Waals surface area contributed by atoms with Crippen LogP contribution in [0.2, 0.25) is 0 Å². The van der Waals surface area contributed by atoms with E-state index < -0.39 is 0 Å². The van der Waals surface area contributed by atoms with E-state index in [2.05, 4.69) is 189 Å². The van der Waals surface area contributed by atoms with Crippen molar-refractivity contribution in [1.82, 2.24) is 28.7 Å². The lowest BCUT2D eigenvalue weighted by Gasteiger charge is -2.14. The van der Waals surface area contributed by atoms with Crippen molar-refractivity contribution in [3.05, 3.63) is 194 Å². The van der Waals surface area contributed by atoms with Crippen LogP contribution in [-0.4, -0.2) is 28.7 Å². The van der Waals surface area contributed by atoms with E-state index in [0.717, 1.165) is 33.7 Å². The number of nitrogens with zero attached hydrogens (tertiary/aromatic N) is 6. The van der Waals surface area contributed by atoms with Crippen molar-refractivity contribution in [3.8, 4) is 52.7 Å². The molecule has 0 spiro atoms. The van der Waals surface area contributed by atoms with Crippen molar-refractivity contribution >= 4 is 65.4 Å². The summed E-state index contributed by atoms with van der Waals surface area (Å²) in [6, 6.07) is 67.0. The van der Waals surface area contributed by atoms with Crippen molar-refractivity contribution in [2.45, 2.75) is 6.92 Å². The highest BCUT2D eigenvalue weighted by molar-refractivity contribution is 6.40. The number of hydrogen-bond donors (Lipinski definition) is 0. The molecule has 4 aromatic heterocycles. The highest BCUT2D eigenvalue weighted by Crippen LogP contribution is 2.50. The van der Waals surface area contributed by atoms with Gasteiger partial charge >= 0.3 is 0 Å². The van der Waals surface area contributed by atoms with Gasteiger partial charge in [0.25, 0.3) is 0 Å². The zero-order valence-electron chi connectivity index (χ0n) is 32.7. The second-order valence-corrected chi connectivity index (χ2v) is 14.8. The van der Waals surface area contributed by atoms with Gasteiger partial charge in [-0.3, -0.25) is 0 Å². The summed E-state index contributed by atoms with van der Waals surface area (Å²) in [6.45, 7) is 1.93. The van der Waals surface area contributed by atoms with Crippen LogP contribution in [0.4, 0.5) is 0 Å². The highest BCUT2D eigenvalue weighted by atomic mass is 15.1. The van der Waals surface area contributed by atoms with Gasteiger partial charge < -0.3 is 13.7 Å². The molecule has 6 heteroatoms. The molecule has 0 aliphatic heterocycles. The van der Waals surface area contributed by atoms with Crippen molar-refractivity contribution in [3.63, 3.8) is 0 Å². The number of hydrogen-bond acceptors (Lipinski definition) is 3. The van der Waals surface area contributed by atoms with E-state index >= 15 is 0 Å². The van der Waals surface area contributed by atoms with Gasteiger partial charge in [0.1, 0.15) is 5.82 Å². The Balaban J connectivity index is 0.00000201. The first-order valence-corrected chi connectivity index (χ1v) is 20.0. The molecule has 12 rings (SSSR count). The summed E-state index contributed by atoms with van der Waals surface area (Å²) in [6.07, 6.45) is 8.00. The zero-order valence-corrected chi connectivity index (χ0v) is 32.7. The van der Waals surface area contributed by atoms with Crippen LogP contribution in [0.5, 0.6) is 0 Å². The molecule has 0 N–H and O–H groups in total. The summed E-state index contributed by atoms with van der Waals surface area (Å²) in [7, 11) is 0. The number of para-hydroxylation sites is 5. The van der Waals surface area contributed by atoms with Gasteiger partial charge in [-0.2, -0.15) is 0 Å². The Labute approximate surface area is 346 Å². The van der Waals surface area contributed by atoms with Crippen LogP contribution in [0, 0.1) is 19.8 Å². The van der Waals surface area contributed by atoms with Crippen molar-refractivity contribution in [2.24, 2.45) is 0 Å². The predicted octanol–water partition coefficient (Wildman–Crippen LogP) is 13.1. The lowest BCUT2D eigenvalue weighted by molar-refractivity contribution is 0.991. The molecule has 0 amide bonds. The van der Waals surface area contributed by atoms with E-state index in [1.807, 2.05) is 37.3 Å². The minimum atomic E-state index is 0.655. The quantitative estimate of drug-likeness (QED) is 0.164. The first-order chi connectivity index (χ1) is 29.7. The van der Waals surface area contributed by atoms with Gasteiger partial charge in [0, 0.05) is 60.5 Å². The third-order valence-electron chi connectivity index (χ3n) is 11.5. The number of benzene rings is 8. The summed E-state index contributed by atoms with van der Waals surface area (Å²) in [4.78, 5) is 14.4. The maximum absolute atomic E-state index is 4.93. The van der Waals surface area contributed by atoms with E-state index in [0.29, 0.717) is 17.5 Å². The van der Waals surface area contributed by atoms with Gasteiger partial charge in [-0.1, -0.05) is 121 Å². The fourth-order valence-electron chi connectivity index (χ4n) is 9.19. The van der Waals surface area contributed by atoms with E-state index in [1.54, 1.807) is 0 Å². The number of aromatic nitrogens is 6. The molecule has 0 atom stereocenters. The maximum Gasteiger partial charge on any atom is 0.163 e.